The highest BCUT2D eigenvalue weighted by atomic mass is 32.2. The number of aryl methyl sites for hydroxylation is 1. The zero-order chi connectivity index (χ0) is 16.4. The molecule has 0 radical (unpaired) electrons. The average Bonchev–Trinajstić information content (AvgIpc) is 2.33. The lowest BCUT2D eigenvalue weighted by atomic mass is 10.1. The van der Waals surface area contributed by atoms with Crippen LogP contribution < -0.4 is 0 Å². The van der Waals surface area contributed by atoms with Crippen LogP contribution in [0.3, 0.4) is 0 Å². The van der Waals surface area contributed by atoms with Gasteiger partial charge in [0.1, 0.15) is 6.54 Å². The zero-order valence-electron chi connectivity index (χ0n) is 12.5. The molecule has 0 heterocycles. The summed E-state index contributed by atoms with van der Waals surface area (Å²) in [5, 5.41) is 8.87. The molecule has 0 aromatic heterocycles. The van der Waals surface area contributed by atoms with Gasteiger partial charge in [0, 0.05) is 17.9 Å². The van der Waals surface area contributed by atoms with Gasteiger partial charge in [0.05, 0.1) is 4.90 Å². The van der Waals surface area contributed by atoms with E-state index in [-0.39, 0.29) is 16.5 Å². The van der Waals surface area contributed by atoms with Crippen molar-refractivity contribution < 1.29 is 23.1 Å². The molecule has 1 N–H and O–H groups in total. The molecule has 116 valence electrons. The quantitative estimate of drug-likeness (QED) is 0.885. The fourth-order valence-corrected chi connectivity index (χ4v) is 2.93. The summed E-state index contributed by atoms with van der Waals surface area (Å²) in [6.45, 7) is 4.61. The van der Waals surface area contributed by atoms with Gasteiger partial charge in [-0.2, -0.15) is 0 Å². The maximum Gasteiger partial charge on any atom is 0.323 e. The molecule has 6 nitrogen and oxygen atoms in total. The minimum absolute atomic E-state index is 0.0763. The standard InChI is InChI=1S/C14H19NO5S/c1-9(2)15(8-13(16)17)14(18)11-6-5-10(3)12(7-11)21(4,19)20/h5-7,9H,8H2,1-4H3,(H,16,17). The molecule has 21 heavy (non-hydrogen) atoms. The fraction of sp³-hybridized carbons (Fsp3) is 0.429. The molecule has 0 atom stereocenters. The van der Waals surface area contributed by atoms with Crippen LogP contribution in [0.15, 0.2) is 23.1 Å². The van der Waals surface area contributed by atoms with E-state index in [1.165, 1.54) is 17.0 Å². The van der Waals surface area contributed by atoms with E-state index < -0.39 is 28.3 Å². The van der Waals surface area contributed by atoms with Crippen molar-refractivity contribution in [1.29, 1.82) is 0 Å². The van der Waals surface area contributed by atoms with Gasteiger partial charge in [-0.25, -0.2) is 8.42 Å². The highest BCUT2D eigenvalue weighted by Gasteiger charge is 2.23. The number of hydrogen-bond acceptors (Lipinski definition) is 4. The number of aliphatic carboxylic acids is 1. The van der Waals surface area contributed by atoms with Gasteiger partial charge >= 0.3 is 5.97 Å². The number of carboxylic acid groups (broad SMARTS) is 1. The molecule has 0 bridgehead atoms. The van der Waals surface area contributed by atoms with Crippen LogP contribution in [0.25, 0.3) is 0 Å². The molecule has 1 rings (SSSR count). The molecule has 1 aromatic carbocycles. The summed E-state index contributed by atoms with van der Waals surface area (Å²) in [6.07, 6.45) is 1.07. The Hall–Kier alpha value is -1.89. The Morgan fingerprint density at radius 1 is 1.29 bits per heavy atom. The number of hydrogen-bond donors (Lipinski definition) is 1. The maximum absolute atomic E-state index is 12.4. The third-order valence-electron chi connectivity index (χ3n) is 3.02. The van der Waals surface area contributed by atoms with Crippen LogP contribution >= 0.6 is 0 Å². The van der Waals surface area contributed by atoms with E-state index in [2.05, 4.69) is 0 Å². The van der Waals surface area contributed by atoms with Gasteiger partial charge in [-0.15, -0.1) is 0 Å². The number of rotatable bonds is 5. The predicted octanol–water partition coefficient (Wildman–Crippen LogP) is 1.33. The molecule has 0 unspecified atom stereocenters. The van der Waals surface area contributed by atoms with Crippen molar-refractivity contribution in [3.63, 3.8) is 0 Å². The van der Waals surface area contributed by atoms with Crippen molar-refractivity contribution >= 4 is 21.7 Å². The van der Waals surface area contributed by atoms with Gasteiger partial charge in [0.15, 0.2) is 9.84 Å². The van der Waals surface area contributed by atoms with E-state index in [1.807, 2.05) is 0 Å². The average molecular weight is 313 g/mol. The van der Waals surface area contributed by atoms with E-state index in [0.717, 1.165) is 6.26 Å². The Bertz CT molecular complexity index is 664. The Morgan fingerprint density at radius 2 is 1.86 bits per heavy atom. The first-order valence-electron chi connectivity index (χ1n) is 6.37. The molecular weight excluding hydrogens is 294 g/mol. The summed E-state index contributed by atoms with van der Waals surface area (Å²) in [6, 6.07) is 4.04. The Morgan fingerprint density at radius 3 is 2.29 bits per heavy atom. The van der Waals surface area contributed by atoms with Gasteiger partial charge in [0.25, 0.3) is 5.91 Å². The number of nitrogens with zero attached hydrogens (tertiary/aromatic N) is 1. The Kier molecular flexibility index (Phi) is 5.11. The first-order valence-corrected chi connectivity index (χ1v) is 8.26. The van der Waals surface area contributed by atoms with E-state index in [1.54, 1.807) is 26.8 Å². The molecule has 0 aliphatic carbocycles. The highest BCUT2D eigenvalue weighted by molar-refractivity contribution is 7.90. The van der Waals surface area contributed by atoms with E-state index >= 15 is 0 Å². The van der Waals surface area contributed by atoms with Crippen LogP contribution in [0.5, 0.6) is 0 Å². The topological polar surface area (TPSA) is 91.8 Å². The molecule has 0 saturated heterocycles. The number of sulfone groups is 1. The second-order valence-electron chi connectivity index (χ2n) is 5.17. The largest absolute Gasteiger partial charge is 0.480 e. The molecule has 1 aromatic rings. The molecule has 0 aliphatic heterocycles. The summed E-state index contributed by atoms with van der Waals surface area (Å²) in [5.74, 6) is -1.62. The molecule has 0 saturated carbocycles. The summed E-state index contributed by atoms with van der Waals surface area (Å²) in [4.78, 5) is 24.5. The third kappa shape index (κ3) is 4.29. The van der Waals surface area contributed by atoms with Gasteiger partial charge in [0.2, 0.25) is 0 Å². The summed E-state index contributed by atoms with van der Waals surface area (Å²) < 4.78 is 23.4. The van der Waals surface area contributed by atoms with Crippen molar-refractivity contribution in [3.8, 4) is 0 Å². The molecular formula is C14H19NO5S. The van der Waals surface area contributed by atoms with Crippen LogP contribution in [-0.4, -0.2) is 49.1 Å². The second kappa shape index (κ2) is 6.26. The fourth-order valence-electron chi connectivity index (χ4n) is 1.93. The monoisotopic (exact) mass is 313 g/mol. The summed E-state index contributed by atoms with van der Waals surface area (Å²) in [7, 11) is -3.45. The summed E-state index contributed by atoms with van der Waals surface area (Å²) >= 11 is 0. The van der Waals surface area contributed by atoms with Crippen LogP contribution in [-0.2, 0) is 14.6 Å². The molecule has 0 fully saturated rings. The van der Waals surface area contributed by atoms with Crippen molar-refractivity contribution in [2.24, 2.45) is 0 Å². The lowest BCUT2D eigenvalue weighted by Gasteiger charge is -2.25. The van der Waals surface area contributed by atoms with Crippen molar-refractivity contribution in [3.05, 3.63) is 29.3 Å². The first-order chi connectivity index (χ1) is 9.54. The van der Waals surface area contributed by atoms with Crippen LogP contribution in [0.1, 0.15) is 29.8 Å². The number of benzene rings is 1. The minimum atomic E-state index is -3.45. The van der Waals surface area contributed by atoms with Crippen molar-refractivity contribution in [1.82, 2.24) is 4.90 Å². The predicted molar refractivity (Wildman–Crippen MR) is 78.1 cm³/mol. The molecule has 0 spiro atoms. The van der Waals surface area contributed by atoms with Crippen LogP contribution in [0.2, 0.25) is 0 Å². The SMILES string of the molecule is Cc1ccc(C(=O)N(CC(=O)O)C(C)C)cc1S(C)(=O)=O. The zero-order valence-corrected chi connectivity index (χ0v) is 13.3. The lowest BCUT2D eigenvalue weighted by Crippen LogP contribution is -2.40. The molecule has 1 amide bonds. The number of carbonyl (C=O) groups is 2. The third-order valence-corrected chi connectivity index (χ3v) is 4.26. The van der Waals surface area contributed by atoms with Gasteiger partial charge < -0.3 is 10.0 Å². The van der Waals surface area contributed by atoms with Crippen LogP contribution in [0, 0.1) is 6.92 Å². The van der Waals surface area contributed by atoms with Gasteiger partial charge in [-0.05, 0) is 38.5 Å². The molecule has 0 aliphatic rings. The maximum atomic E-state index is 12.4. The van der Waals surface area contributed by atoms with Gasteiger partial charge in [-0.1, -0.05) is 6.07 Å². The smallest absolute Gasteiger partial charge is 0.323 e. The van der Waals surface area contributed by atoms with E-state index in [4.69, 9.17) is 5.11 Å². The molecule has 7 heteroatoms. The highest BCUT2D eigenvalue weighted by Crippen LogP contribution is 2.18. The second-order valence-corrected chi connectivity index (χ2v) is 7.16. The summed E-state index contributed by atoms with van der Waals surface area (Å²) in [5.41, 5.74) is 0.708. The Labute approximate surface area is 124 Å². The number of amides is 1. The normalized spacial score (nSPS) is 11.5. The lowest BCUT2D eigenvalue weighted by molar-refractivity contribution is -0.138. The minimum Gasteiger partial charge on any atom is -0.480 e. The number of carboxylic acids is 1. The van der Waals surface area contributed by atoms with Crippen molar-refractivity contribution in [2.75, 3.05) is 12.8 Å². The van der Waals surface area contributed by atoms with E-state index in [9.17, 15) is 18.0 Å². The van der Waals surface area contributed by atoms with E-state index in [0.29, 0.717) is 5.56 Å². The first kappa shape index (κ1) is 17.2. The van der Waals surface area contributed by atoms with Gasteiger partial charge in [-0.3, -0.25) is 9.59 Å². The Balaban J connectivity index is 3.26. The van der Waals surface area contributed by atoms with Crippen molar-refractivity contribution in [2.45, 2.75) is 31.7 Å². The number of carbonyl (C=O) groups excluding carboxylic acids is 1. The van der Waals surface area contributed by atoms with Crippen LogP contribution in [0.4, 0.5) is 0 Å².